The van der Waals surface area contributed by atoms with Gasteiger partial charge in [-0.2, -0.15) is 0 Å². The summed E-state index contributed by atoms with van der Waals surface area (Å²) in [6, 6.07) is 10.00. The minimum absolute atomic E-state index is 0.420. The molecule has 0 spiro atoms. The van der Waals surface area contributed by atoms with E-state index in [2.05, 4.69) is 27.9 Å². The summed E-state index contributed by atoms with van der Waals surface area (Å²) in [7, 11) is -3.42. The largest absolute Gasteiger partial charge is 0.355 e. The van der Waals surface area contributed by atoms with Gasteiger partial charge >= 0.3 is 0 Å². The van der Waals surface area contributed by atoms with Crippen LogP contribution in [0.15, 0.2) is 36.7 Å². The lowest BCUT2D eigenvalue weighted by molar-refractivity contribution is 0.528. The highest BCUT2D eigenvalue weighted by Crippen LogP contribution is 2.35. The van der Waals surface area contributed by atoms with E-state index in [1.807, 2.05) is 24.3 Å². The molecule has 2 aromatic heterocycles. The average Bonchev–Trinajstić information content (AvgIpc) is 3.38. The summed E-state index contributed by atoms with van der Waals surface area (Å²) in [6.45, 7) is 3.98. The summed E-state index contributed by atoms with van der Waals surface area (Å²) >= 11 is 1.69. The van der Waals surface area contributed by atoms with Crippen molar-refractivity contribution in [2.75, 3.05) is 28.8 Å². The molecule has 152 valence electrons. The number of nitrogens with zero attached hydrogens (tertiary/aromatic N) is 4. The molecule has 2 aliphatic rings. The Hall–Kier alpha value is -2.19. The standard InChI is InChI=1S/C21H24N4O2S2/c1-2-16-12-18-20(22-14-23-21(18)28-16)24-10-5-7-17(13-24)29(26,27)25-11-9-15-6-3-4-8-19(15)25/h3-4,6,8,12,14,17H,2,5,7,9-11,13H2,1H3. The molecule has 3 aromatic rings. The molecule has 0 radical (unpaired) electrons. The summed E-state index contributed by atoms with van der Waals surface area (Å²) in [5, 5.41) is 0.621. The minimum Gasteiger partial charge on any atom is -0.355 e. The van der Waals surface area contributed by atoms with E-state index >= 15 is 0 Å². The van der Waals surface area contributed by atoms with E-state index in [0.29, 0.717) is 19.5 Å². The zero-order valence-electron chi connectivity index (χ0n) is 16.4. The van der Waals surface area contributed by atoms with Gasteiger partial charge in [0.25, 0.3) is 0 Å². The lowest BCUT2D eigenvalue weighted by Crippen LogP contribution is -2.48. The van der Waals surface area contributed by atoms with E-state index in [9.17, 15) is 8.42 Å². The monoisotopic (exact) mass is 428 g/mol. The average molecular weight is 429 g/mol. The first kappa shape index (κ1) is 18.8. The number of rotatable bonds is 4. The SMILES string of the molecule is CCc1cc2c(N3CCCC(S(=O)(=O)N4CCc5ccccc54)C3)ncnc2s1. The molecular formula is C21H24N4O2S2. The van der Waals surface area contributed by atoms with Gasteiger partial charge in [-0.25, -0.2) is 18.4 Å². The van der Waals surface area contributed by atoms with E-state index < -0.39 is 15.3 Å². The van der Waals surface area contributed by atoms with Crippen LogP contribution in [0.25, 0.3) is 10.2 Å². The molecular weight excluding hydrogens is 404 g/mol. The van der Waals surface area contributed by atoms with E-state index in [1.165, 1.54) is 4.88 Å². The van der Waals surface area contributed by atoms with Crippen molar-refractivity contribution in [1.29, 1.82) is 0 Å². The molecule has 29 heavy (non-hydrogen) atoms. The number of piperidine rings is 1. The predicted octanol–water partition coefficient (Wildman–Crippen LogP) is 3.62. The molecule has 4 heterocycles. The number of sulfonamides is 1. The van der Waals surface area contributed by atoms with Crippen LogP contribution in [-0.4, -0.2) is 43.3 Å². The zero-order valence-corrected chi connectivity index (χ0v) is 18.0. The van der Waals surface area contributed by atoms with Gasteiger partial charge in [0.15, 0.2) is 0 Å². The van der Waals surface area contributed by atoms with Crippen molar-refractivity contribution in [3.05, 3.63) is 47.1 Å². The van der Waals surface area contributed by atoms with Gasteiger partial charge in [-0.15, -0.1) is 11.3 Å². The third-order valence-electron chi connectivity index (χ3n) is 5.96. The zero-order chi connectivity index (χ0) is 20.0. The smallest absolute Gasteiger partial charge is 0.239 e. The van der Waals surface area contributed by atoms with E-state index in [1.54, 1.807) is 22.0 Å². The predicted molar refractivity (Wildman–Crippen MR) is 118 cm³/mol. The van der Waals surface area contributed by atoms with Crippen LogP contribution in [0, 0.1) is 0 Å². The van der Waals surface area contributed by atoms with Crippen LogP contribution >= 0.6 is 11.3 Å². The van der Waals surface area contributed by atoms with Crippen molar-refractivity contribution in [2.45, 2.75) is 37.9 Å². The summed E-state index contributed by atoms with van der Waals surface area (Å²) in [4.78, 5) is 13.4. The van der Waals surface area contributed by atoms with Gasteiger partial charge in [0, 0.05) is 24.5 Å². The van der Waals surface area contributed by atoms with Gasteiger partial charge in [-0.05, 0) is 43.4 Å². The molecule has 0 bridgehead atoms. The first-order valence-electron chi connectivity index (χ1n) is 10.2. The summed E-state index contributed by atoms with van der Waals surface area (Å²) < 4.78 is 28.7. The maximum absolute atomic E-state index is 13.5. The second-order valence-corrected chi connectivity index (χ2v) is 10.9. The molecule has 2 aliphatic heterocycles. The molecule has 0 aliphatic carbocycles. The number of benzene rings is 1. The molecule has 1 aromatic carbocycles. The minimum atomic E-state index is -3.42. The second kappa shape index (κ2) is 7.25. The van der Waals surface area contributed by atoms with Crippen molar-refractivity contribution in [3.8, 4) is 0 Å². The van der Waals surface area contributed by atoms with Crippen LogP contribution in [0.3, 0.4) is 0 Å². The fourth-order valence-corrected chi connectivity index (χ4v) is 7.37. The summed E-state index contributed by atoms with van der Waals surface area (Å²) in [5.41, 5.74) is 1.96. The highest BCUT2D eigenvalue weighted by atomic mass is 32.2. The highest BCUT2D eigenvalue weighted by molar-refractivity contribution is 7.93. The van der Waals surface area contributed by atoms with Crippen molar-refractivity contribution in [3.63, 3.8) is 0 Å². The van der Waals surface area contributed by atoms with Crippen molar-refractivity contribution in [2.24, 2.45) is 0 Å². The lowest BCUT2D eigenvalue weighted by atomic mass is 10.1. The molecule has 1 saturated heterocycles. The third-order valence-corrected chi connectivity index (χ3v) is 9.37. The Kier molecular flexibility index (Phi) is 4.70. The van der Waals surface area contributed by atoms with Gasteiger partial charge < -0.3 is 4.90 Å². The molecule has 0 saturated carbocycles. The van der Waals surface area contributed by atoms with E-state index in [0.717, 1.165) is 53.1 Å². The van der Waals surface area contributed by atoms with Crippen molar-refractivity contribution >= 4 is 43.1 Å². The van der Waals surface area contributed by atoms with Crippen molar-refractivity contribution in [1.82, 2.24) is 9.97 Å². The number of hydrogen-bond donors (Lipinski definition) is 0. The van der Waals surface area contributed by atoms with Crippen LogP contribution in [-0.2, 0) is 22.9 Å². The lowest BCUT2D eigenvalue weighted by Gasteiger charge is -2.35. The fourth-order valence-electron chi connectivity index (χ4n) is 4.45. The molecule has 0 amide bonds. The molecule has 1 atom stereocenters. The Balaban J connectivity index is 1.45. The molecule has 1 fully saturated rings. The summed E-state index contributed by atoms with van der Waals surface area (Å²) in [6.07, 6.45) is 4.88. The van der Waals surface area contributed by atoms with Crippen LogP contribution in [0.5, 0.6) is 0 Å². The first-order valence-corrected chi connectivity index (χ1v) is 12.5. The Bertz CT molecular complexity index is 1160. The van der Waals surface area contributed by atoms with Gasteiger partial charge in [0.1, 0.15) is 17.0 Å². The Labute approximate surface area is 175 Å². The number of para-hydroxylation sites is 1. The van der Waals surface area contributed by atoms with Gasteiger partial charge in [-0.1, -0.05) is 25.1 Å². The fraction of sp³-hybridized carbons (Fsp3) is 0.429. The van der Waals surface area contributed by atoms with Gasteiger partial charge in [0.2, 0.25) is 10.0 Å². The van der Waals surface area contributed by atoms with Crippen LogP contribution in [0.1, 0.15) is 30.2 Å². The number of anilines is 2. The molecule has 8 heteroatoms. The highest BCUT2D eigenvalue weighted by Gasteiger charge is 2.38. The topological polar surface area (TPSA) is 66.4 Å². The van der Waals surface area contributed by atoms with Gasteiger partial charge in [0.05, 0.1) is 16.3 Å². The second-order valence-electron chi connectivity index (χ2n) is 7.69. The molecule has 0 N–H and O–H groups in total. The number of aromatic nitrogens is 2. The van der Waals surface area contributed by atoms with Crippen LogP contribution in [0.4, 0.5) is 11.5 Å². The van der Waals surface area contributed by atoms with E-state index in [4.69, 9.17) is 0 Å². The molecule has 6 nitrogen and oxygen atoms in total. The van der Waals surface area contributed by atoms with Crippen LogP contribution < -0.4 is 9.21 Å². The number of thiophene rings is 1. The summed E-state index contributed by atoms with van der Waals surface area (Å²) in [5.74, 6) is 0.868. The number of hydrogen-bond acceptors (Lipinski definition) is 6. The first-order chi connectivity index (χ1) is 14.1. The number of fused-ring (bicyclic) bond motifs is 2. The Morgan fingerprint density at radius 3 is 2.93 bits per heavy atom. The normalized spacial score (nSPS) is 19.7. The number of aryl methyl sites for hydroxylation is 1. The quantitative estimate of drug-likeness (QED) is 0.635. The third kappa shape index (κ3) is 3.18. The van der Waals surface area contributed by atoms with Crippen LogP contribution in [0.2, 0.25) is 0 Å². The maximum atomic E-state index is 13.5. The molecule has 1 unspecified atom stereocenters. The maximum Gasteiger partial charge on any atom is 0.239 e. The Morgan fingerprint density at radius 1 is 1.21 bits per heavy atom. The van der Waals surface area contributed by atoms with Gasteiger partial charge in [-0.3, -0.25) is 4.31 Å². The Morgan fingerprint density at radius 2 is 2.07 bits per heavy atom. The molecule has 5 rings (SSSR count). The van der Waals surface area contributed by atoms with Crippen molar-refractivity contribution < 1.29 is 8.42 Å². The van der Waals surface area contributed by atoms with E-state index in [-0.39, 0.29) is 0 Å².